The SMILES string of the molecule is CC(C)N=Nc1nccc(OCC(O)CNC(C)(C)Cc2ccsc2)n1. The van der Waals surface area contributed by atoms with Crippen LogP contribution in [0.25, 0.3) is 0 Å². The minimum absolute atomic E-state index is 0.0773. The van der Waals surface area contributed by atoms with E-state index in [0.717, 1.165) is 6.42 Å². The zero-order valence-electron chi connectivity index (χ0n) is 15.7. The van der Waals surface area contributed by atoms with Gasteiger partial charge in [-0.2, -0.15) is 21.4 Å². The van der Waals surface area contributed by atoms with Gasteiger partial charge in [-0.15, -0.1) is 5.11 Å². The van der Waals surface area contributed by atoms with E-state index in [1.807, 2.05) is 13.8 Å². The molecule has 0 spiro atoms. The standard InChI is InChI=1S/C18H27N5O2S/c1-13(2)22-23-17-19-7-5-16(21-17)25-11-15(24)10-20-18(3,4)9-14-6-8-26-12-14/h5-8,12-13,15,20,24H,9-11H2,1-4H3. The Morgan fingerprint density at radius 3 is 2.85 bits per heavy atom. The summed E-state index contributed by atoms with van der Waals surface area (Å²) in [5.41, 5.74) is 1.18. The molecule has 0 amide bonds. The molecule has 142 valence electrons. The molecule has 0 aliphatic heterocycles. The minimum Gasteiger partial charge on any atom is -0.475 e. The monoisotopic (exact) mass is 377 g/mol. The number of azo groups is 1. The fourth-order valence-electron chi connectivity index (χ4n) is 2.23. The molecule has 2 rings (SSSR count). The lowest BCUT2D eigenvalue weighted by atomic mass is 9.96. The van der Waals surface area contributed by atoms with Gasteiger partial charge in [-0.05, 0) is 56.5 Å². The summed E-state index contributed by atoms with van der Waals surface area (Å²) in [4.78, 5) is 8.17. The van der Waals surface area contributed by atoms with Crippen molar-refractivity contribution >= 4 is 17.3 Å². The van der Waals surface area contributed by atoms with E-state index in [-0.39, 0.29) is 24.1 Å². The molecule has 2 N–H and O–H groups in total. The average Bonchev–Trinajstić information content (AvgIpc) is 3.09. The van der Waals surface area contributed by atoms with Crippen LogP contribution < -0.4 is 10.1 Å². The van der Waals surface area contributed by atoms with E-state index in [2.05, 4.69) is 56.2 Å². The van der Waals surface area contributed by atoms with Crippen molar-refractivity contribution in [2.75, 3.05) is 13.2 Å². The Morgan fingerprint density at radius 2 is 2.15 bits per heavy atom. The number of aliphatic hydroxyl groups is 1. The molecular weight excluding hydrogens is 350 g/mol. The Kier molecular flexibility index (Phi) is 7.62. The Bertz CT molecular complexity index is 689. The molecule has 0 aromatic carbocycles. The highest BCUT2D eigenvalue weighted by Gasteiger charge is 2.19. The van der Waals surface area contributed by atoms with Crippen LogP contribution >= 0.6 is 11.3 Å². The fourth-order valence-corrected chi connectivity index (χ4v) is 2.90. The van der Waals surface area contributed by atoms with Gasteiger partial charge in [0.2, 0.25) is 5.88 Å². The molecular formula is C18H27N5O2S. The van der Waals surface area contributed by atoms with Gasteiger partial charge in [0, 0.05) is 24.3 Å². The maximum atomic E-state index is 10.2. The van der Waals surface area contributed by atoms with E-state index in [0.29, 0.717) is 12.4 Å². The van der Waals surface area contributed by atoms with Crippen molar-refractivity contribution in [2.45, 2.75) is 51.8 Å². The van der Waals surface area contributed by atoms with E-state index < -0.39 is 6.10 Å². The van der Waals surface area contributed by atoms with Crippen molar-refractivity contribution in [1.82, 2.24) is 15.3 Å². The van der Waals surface area contributed by atoms with Crippen molar-refractivity contribution in [2.24, 2.45) is 10.2 Å². The Balaban J connectivity index is 1.77. The number of aliphatic hydroxyl groups excluding tert-OH is 1. The molecule has 0 aliphatic carbocycles. The van der Waals surface area contributed by atoms with Crippen LogP contribution in [0.5, 0.6) is 5.88 Å². The maximum Gasteiger partial charge on any atom is 0.271 e. The topological polar surface area (TPSA) is 92.0 Å². The quantitative estimate of drug-likeness (QED) is 0.619. The van der Waals surface area contributed by atoms with Gasteiger partial charge in [0.05, 0.1) is 6.04 Å². The first kappa shape index (κ1) is 20.4. The van der Waals surface area contributed by atoms with E-state index in [4.69, 9.17) is 4.74 Å². The number of ether oxygens (including phenoxy) is 1. The third-order valence-corrected chi connectivity index (χ3v) is 4.19. The van der Waals surface area contributed by atoms with Gasteiger partial charge < -0.3 is 15.2 Å². The smallest absolute Gasteiger partial charge is 0.271 e. The second-order valence-corrected chi connectivity index (χ2v) is 7.82. The second-order valence-electron chi connectivity index (χ2n) is 7.04. The van der Waals surface area contributed by atoms with Gasteiger partial charge in [-0.1, -0.05) is 0 Å². The maximum absolute atomic E-state index is 10.2. The Morgan fingerprint density at radius 1 is 1.35 bits per heavy atom. The first-order valence-electron chi connectivity index (χ1n) is 8.65. The largest absolute Gasteiger partial charge is 0.475 e. The molecule has 7 nitrogen and oxygen atoms in total. The van der Waals surface area contributed by atoms with Crippen molar-refractivity contribution in [1.29, 1.82) is 0 Å². The van der Waals surface area contributed by atoms with E-state index >= 15 is 0 Å². The molecule has 26 heavy (non-hydrogen) atoms. The van der Waals surface area contributed by atoms with Crippen LogP contribution in [-0.4, -0.2) is 45.9 Å². The summed E-state index contributed by atoms with van der Waals surface area (Å²) in [6.45, 7) is 8.66. The van der Waals surface area contributed by atoms with Crippen molar-refractivity contribution in [3.05, 3.63) is 34.7 Å². The van der Waals surface area contributed by atoms with Crippen LogP contribution in [0.4, 0.5) is 5.95 Å². The van der Waals surface area contributed by atoms with Crippen LogP contribution in [0.2, 0.25) is 0 Å². The average molecular weight is 378 g/mol. The highest BCUT2D eigenvalue weighted by molar-refractivity contribution is 7.07. The number of β-amino-alcohol motifs (C(OH)–C–C–N with tert-alkyl or cyclic N) is 1. The molecule has 0 saturated carbocycles. The Hall–Kier alpha value is -1.90. The molecule has 0 radical (unpaired) electrons. The number of rotatable bonds is 10. The van der Waals surface area contributed by atoms with E-state index in [1.54, 1.807) is 23.6 Å². The number of thiophene rings is 1. The molecule has 2 aromatic heterocycles. The summed E-state index contributed by atoms with van der Waals surface area (Å²) in [5, 5.41) is 25.7. The molecule has 0 saturated heterocycles. The summed E-state index contributed by atoms with van der Waals surface area (Å²) in [5.74, 6) is 0.620. The van der Waals surface area contributed by atoms with Crippen LogP contribution in [-0.2, 0) is 6.42 Å². The number of hydrogen-bond donors (Lipinski definition) is 2. The van der Waals surface area contributed by atoms with Crippen molar-refractivity contribution in [3.8, 4) is 5.88 Å². The van der Waals surface area contributed by atoms with Crippen LogP contribution in [0, 0.1) is 0 Å². The number of nitrogens with zero attached hydrogens (tertiary/aromatic N) is 4. The Labute approximate surface area is 158 Å². The van der Waals surface area contributed by atoms with E-state index in [1.165, 1.54) is 5.56 Å². The lowest BCUT2D eigenvalue weighted by molar-refractivity contribution is 0.0965. The lowest BCUT2D eigenvalue weighted by Crippen LogP contribution is -2.46. The highest BCUT2D eigenvalue weighted by Crippen LogP contribution is 2.16. The number of hydrogen-bond acceptors (Lipinski definition) is 8. The van der Waals surface area contributed by atoms with Gasteiger partial charge >= 0.3 is 0 Å². The van der Waals surface area contributed by atoms with Crippen molar-refractivity contribution in [3.63, 3.8) is 0 Å². The second kappa shape index (κ2) is 9.70. The minimum atomic E-state index is -0.646. The third kappa shape index (κ3) is 7.55. The molecule has 0 aliphatic rings. The summed E-state index contributed by atoms with van der Waals surface area (Å²) in [6.07, 6.45) is 1.82. The lowest BCUT2D eigenvalue weighted by Gasteiger charge is -2.27. The predicted octanol–water partition coefficient (Wildman–Crippen LogP) is 3.38. The molecule has 2 aromatic rings. The van der Waals surface area contributed by atoms with Crippen LogP contribution in [0.15, 0.2) is 39.3 Å². The predicted molar refractivity (Wildman–Crippen MR) is 103 cm³/mol. The number of nitrogens with one attached hydrogen (secondary N) is 1. The van der Waals surface area contributed by atoms with Gasteiger partial charge in [0.15, 0.2) is 0 Å². The number of aromatic nitrogens is 2. The van der Waals surface area contributed by atoms with Gasteiger partial charge in [0.25, 0.3) is 5.95 Å². The fraction of sp³-hybridized carbons (Fsp3) is 0.556. The molecule has 1 unspecified atom stereocenters. The summed E-state index contributed by atoms with van der Waals surface area (Å²) >= 11 is 1.69. The highest BCUT2D eigenvalue weighted by atomic mass is 32.1. The van der Waals surface area contributed by atoms with Crippen molar-refractivity contribution < 1.29 is 9.84 Å². The molecule has 8 heteroatoms. The van der Waals surface area contributed by atoms with Gasteiger partial charge in [-0.3, -0.25) is 0 Å². The molecule has 1 atom stereocenters. The zero-order valence-corrected chi connectivity index (χ0v) is 16.5. The molecule has 0 fully saturated rings. The summed E-state index contributed by atoms with van der Waals surface area (Å²) in [7, 11) is 0. The third-order valence-electron chi connectivity index (χ3n) is 3.46. The first-order valence-corrected chi connectivity index (χ1v) is 9.59. The van der Waals surface area contributed by atoms with Crippen LogP contribution in [0.1, 0.15) is 33.3 Å². The summed E-state index contributed by atoms with van der Waals surface area (Å²) in [6, 6.07) is 3.83. The molecule has 2 heterocycles. The summed E-state index contributed by atoms with van der Waals surface area (Å²) < 4.78 is 5.55. The van der Waals surface area contributed by atoms with Gasteiger partial charge in [-0.25, -0.2) is 4.98 Å². The first-order chi connectivity index (χ1) is 12.3. The van der Waals surface area contributed by atoms with Gasteiger partial charge in [0.1, 0.15) is 12.7 Å². The van der Waals surface area contributed by atoms with Crippen LogP contribution in [0.3, 0.4) is 0 Å². The van der Waals surface area contributed by atoms with E-state index in [9.17, 15) is 5.11 Å². The zero-order chi connectivity index (χ0) is 19.0. The normalized spacial score (nSPS) is 13.5. The molecule has 0 bridgehead atoms.